The molecule has 5 heterocycles. The van der Waals surface area contributed by atoms with Gasteiger partial charge in [-0.2, -0.15) is 0 Å². The number of carboxylic acid groups (broad SMARTS) is 1. The Morgan fingerprint density at radius 2 is 1.93 bits per heavy atom. The van der Waals surface area contributed by atoms with Crippen molar-refractivity contribution in [2.45, 2.75) is 74.7 Å². The summed E-state index contributed by atoms with van der Waals surface area (Å²) in [5.41, 5.74) is 0.494. The molecule has 4 saturated heterocycles. The Morgan fingerprint density at radius 1 is 1.21 bits per heavy atom. The number of carbonyl (C=O) groups excluding carboxylic acids is 1. The van der Waals surface area contributed by atoms with E-state index in [-0.39, 0.29) is 24.2 Å². The van der Waals surface area contributed by atoms with E-state index in [4.69, 9.17) is 4.74 Å². The molecule has 4 fully saturated rings. The first-order chi connectivity index (χ1) is 14.0. The van der Waals surface area contributed by atoms with Gasteiger partial charge in [-0.25, -0.2) is 9.59 Å². The number of carbonyl (C=O) groups is 2. The van der Waals surface area contributed by atoms with Gasteiger partial charge in [-0.05, 0) is 37.8 Å². The first-order valence-electron chi connectivity index (χ1n) is 10.7. The summed E-state index contributed by atoms with van der Waals surface area (Å²) in [5, 5.41) is 12.5. The minimum Gasteiger partial charge on any atom is -0.465 e. The molecule has 3 atom stereocenters. The third kappa shape index (κ3) is 3.33. The molecule has 2 bridgehead atoms. The number of hydrogen-bond donors (Lipinski definition) is 2. The number of aromatic nitrogens is 1. The van der Waals surface area contributed by atoms with Crippen LogP contribution in [0, 0.1) is 0 Å². The van der Waals surface area contributed by atoms with Crippen LogP contribution < -0.4 is 5.32 Å². The van der Waals surface area contributed by atoms with Crippen LogP contribution in [0.5, 0.6) is 0 Å². The molecule has 8 nitrogen and oxygen atoms in total. The number of hydrogen-bond acceptors (Lipinski definition) is 5. The molecule has 0 aromatic carbocycles. The van der Waals surface area contributed by atoms with Gasteiger partial charge in [-0.1, -0.05) is 6.07 Å². The summed E-state index contributed by atoms with van der Waals surface area (Å²) < 4.78 is 5.82. The Morgan fingerprint density at radius 3 is 2.55 bits per heavy atom. The summed E-state index contributed by atoms with van der Waals surface area (Å²) in [6.45, 7) is 1.76. The third-order valence-corrected chi connectivity index (χ3v) is 7.45. The summed E-state index contributed by atoms with van der Waals surface area (Å²) in [5.74, 6) is 0. The highest BCUT2D eigenvalue weighted by Crippen LogP contribution is 2.41. The number of alkyl carbamates (subject to hydrolysis) is 1. The minimum atomic E-state index is -0.769. The van der Waals surface area contributed by atoms with E-state index in [1.807, 2.05) is 18.2 Å². The van der Waals surface area contributed by atoms with Gasteiger partial charge in [0.15, 0.2) is 0 Å². The molecule has 2 N–H and O–H groups in total. The average molecular weight is 400 g/mol. The number of fused-ring (bicyclic) bond motifs is 2. The fourth-order valence-corrected chi connectivity index (χ4v) is 6.00. The lowest BCUT2D eigenvalue weighted by Crippen LogP contribution is -2.57. The fourth-order valence-electron chi connectivity index (χ4n) is 6.00. The van der Waals surface area contributed by atoms with Crippen molar-refractivity contribution in [1.29, 1.82) is 0 Å². The second-order valence-electron chi connectivity index (χ2n) is 8.91. The van der Waals surface area contributed by atoms with Gasteiger partial charge in [0.2, 0.25) is 0 Å². The molecule has 0 saturated carbocycles. The Hall–Kier alpha value is -2.35. The second-order valence-corrected chi connectivity index (χ2v) is 8.91. The van der Waals surface area contributed by atoms with Crippen LogP contribution in [0.25, 0.3) is 0 Å². The van der Waals surface area contributed by atoms with E-state index in [0.29, 0.717) is 12.5 Å². The Kier molecular flexibility index (Phi) is 4.61. The van der Waals surface area contributed by atoms with Gasteiger partial charge in [-0.3, -0.25) is 9.88 Å². The number of pyridine rings is 1. The Bertz CT molecular complexity index is 766. The van der Waals surface area contributed by atoms with Gasteiger partial charge in [0.1, 0.15) is 5.60 Å². The molecule has 1 aromatic heterocycles. The minimum absolute atomic E-state index is 0.0583. The zero-order valence-corrected chi connectivity index (χ0v) is 16.5. The fraction of sp³-hybridized carbons (Fsp3) is 0.667. The highest BCUT2D eigenvalue weighted by molar-refractivity contribution is 5.71. The predicted molar refractivity (Wildman–Crippen MR) is 105 cm³/mol. The number of piperidine rings is 2. The van der Waals surface area contributed by atoms with E-state index in [1.165, 1.54) is 0 Å². The summed E-state index contributed by atoms with van der Waals surface area (Å²) in [7, 11) is 0. The molecular formula is C21H28N4O4. The lowest BCUT2D eigenvalue weighted by molar-refractivity contribution is -0.0384. The topological polar surface area (TPSA) is 95.0 Å². The highest BCUT2D eigenvalue weighted by Gasteiger charge is 2.52. The maximum Gasteiger partial charge on any atom is 0.408 e. The monoisotopic (exact) mass is 400 g/mol. The molecule has 1 spiro atoms. The van der Waals surface area contributed by atoms with Crippen LogP contribution in [-0.2, 0) is 11.2 Å². The standard InChI is InChI=1S/C21H28N4O4/c26-19-23-18(11-14-3-1-2-8-22-14)21(29-19)6-9-24(10-7-21)17-12-15-4-5-16(13-17)25(15)20(27)28/h1-3,8,15-18H,4-7,9-13H2,(H,23,26)(H,27,28). The lowest BCUT2D eigenvalue weighted by Gasteiger charge is -2.47. The van der Waals surface area contributed by atoms with E-state index < -0.39 is 11.7 Å². The Labute approximate surface area is 170 Å². The molecule has 0 radical (unpaired) electrons. The van der Waals surface area contributed by atoms with E-state index in [0.717, 1.165) is 57.3 Å². The van der Waals surface area contributed by atoms with Gasteiger partial charge in [0.05, 0.1) is 6.04 Å². The number of likely N-dealkylation sites (tertiary alicyclic amines) is 1. The molecule has 4 aliphatic rings. The normalized spacial score (nSPS) is 33.5. The quantitative estimate of drug-likeness (QED) is 0.808. The molecule has 3 unspecified atom stereocenters. The van der Waals surface area contributed by atoms with Crippen molar-refractivity contribution in [2.75, 3.05) is 13.1 Å². The van der Waals surface area contributed by atoms with E-state index in [2.05, 4.69) is 15.2 Å². The summed E-state index contributed by atoms with van der Waals surface area (Å²) in [6, 6.07) is 6.54. The van der Waals surface area contributed by atoms with Crippen molar-refractivity contribution < 1.29 is 19.4 Å². The molecular weight excluding hydrogens is 372 g/mol. The van der Waals surface area contributed by atoms with Crippen molar-refractivity contribution in [3.63, 3.8) is 0 Å². The maximum atomic E-state index is 12.1. The van der Waals surface area contributed by atoms with Crippen molar-refractivity contribution >= 4 is 12.2 Å². The molecule has 2 amide bonds. The zero-order chi connectivity index (χ0) is 20.0. The first-order valence-corrected chi connectivity index (χ1v) is 10.7. The van der Waals surface area contributed by atoms with Gasteiger partial charge in [0.25, 0.3) is 0 Å². The lowest BCUT2D eigenvalue weighted by atomic mass is 9.81. The van der Waals surface area contributed by atoms with Gasteiger partial charge in [-0.15, -0.1) is 0 Å². The van der Waals surface area contributed by atoms with Crippen LogP contribution >= 0.6 is 0 Å². The molecule has 1 aromatic rings. The Balaban J connectivity index is 1.24. The first kappa shape index (κ1) is 18.7. The number of ether oxygens (including phenoxy) is 1. The highest BCUT2D eigenvalue weighted by atomic mass is 16.6. The second kappa shape index (κ2) is 7.16. The molecule has 5 rings (SSSR count). The van der Waals surface area contributed by atoms with Crippen LogP contribution in [0.4, 0.5) is 9.59 Å². The molecule has 29 heavy (non-hydrogen) atoms. The number of nitrogens with zero attached hydrogens (tertiary/aromatic N) is 3. The van der Waals surface area contributed by atoms with Crippen molar-refractivity contribution in [2.24, 2.45) is 0 Å². The molecule has 156 valence electrons. The predicted octanol–water partition coefficient (Wildman–Crippen LogP) is 2.24. The number of rotatable bonds is 3. The SMILES string of the molecule is O=C1NC(Cc2ccccn2)C2(CCN(C3CC4CCC(C3)N4C(=O)O)CC2)O1. The average Bonchev–Trinajstić information content (AvgIpc) is 3.16. The molecule has 4 aliphatic heterocycles. The largest absolute Gasteiger partial charge is 0.465 e. The van der Waals surface area contributed by atoms with Crippen LogP contribution in [0.3, 0.4) is 0 Å². The van der Waals surface area contributed by atoms with Gasteiger partial charge < -0.3 is 20.1 Å². The smallest absolute Gasteiger partial charge is 0.408 e. The summed E-state index contributed by atoms with van der Waals surface area (Å²) in [4.78, 5) is 32.2. The van der Waals surface area contributed by atoms with E-state index in [1.54, 1.807) is 11.1 Å². The van der Waals surface area contributed by atoms with Crippen LogP contribution in [-0.4, -0.2) is 74.9 Å². The number of amides is 2. The molecule has 8 heteroatoms. The van der Waals surface area contributed by atoms with Crippen LogP contribution in [0.15, 0.2) is 24.4 Å². The third-order valence-electron chi connectivity index (χ3n) is 7.45. The van der Waals surface area contributed by atoms with E-state index >= 15 is 0 Å². The van der Waals surface area contributed by atoms with Crippen molar-refractivity contribution in [1.82, 2.24) is 20.1 Å². The van der Waals surface area contributed by atoms with Crippen LogP contribution in [0.2, 0.25) is 0 Å². The van der Waals surface area contributed by atoms with Gasteiger partial charge in [0, 0.05) is 62.4 Å². The number of nitrogens with one attached hydrogen (secondary N) is 1. The van der Waals surface area contributed by atoms with Gasteiger partial charge >= 0.3 is 12.2 Å². The zero-order valence-electron chi connectivity index (χ0n) is 16.5. The maximum absolute atomic E-state index is 12.1. The summed E-state index contributed by atoms with van der Waals surface area (Å²) in [6.07, 6.45) is 6.78. The van der Waals surface area contributed by atoms with Crippen molar-refractivity contribution in [3.05, 3.63) is 30.1 Å². The molecule has 0 aliphatic carbocycles. The van der Waals surface area contributed by atoms with E-state index in [9.17, 15) is 14.7 Å². The van der Waals surface area contributed by atoms with Crippen molar-refractivity contribution in [3.8, 4) is 0 Å². The summed E-state index contributed by atoms with van der Waals surface area (Å²) >= 11 is 0. The van der Waals surface area contributed by atoms with Crippen LogP contribution in [0.1, 0.15) is 44.2 Å².